The highest BCUT2D eigenvalue weighted by molar-refractivity contribution is 7.09. The number of nitrogens with zero attached hydrogens (tertiary/aromatic N) is 5. The van der Waals surface area contributed by atoms with Crippen molar-refractivity contribution in [3.63, 3.8) is 0 Å². The van der Waals surface area contributed by atoms with Crippen LogP contribution in [0.3, 0.4) is 0 Å². The van der Waals surface area contributed by atoms with E-state index < -0.39 is 11.4 Å². The summed E-state index contributed by atoms with van der Waals surface area (Å²) in [7, 11) is 0. The number of aromatic nitrogens is 5. The quantitative estimate of drug-likeness (QED) is 0.885. The molecule has 0 bridgehead atoms. The van der Waals surface area contributed by atoms with Gasteiger partial charge in [-0.05, 0) is 30.2 Å². The Hall–Kier alpha value is -1.83. The molecule has 0 radical (unpaired) electrons. The molecular formula is C10H11N5O2S. The van der Waals surface area contributed by atoms with Crippen LogP contribution in [0.15, 0.2) is 5.38 Å². The SMILES string of the molecule is Cc1nc(-c2nnnn2CC2(C(=O)O)CC2)cs1. The van der Waals surface area contributed by atoms with Crippen molar-refractivity contribution in [3.05, 3.63) is 10.4 Å². The van der Waals surface area contributed by atoms with Gasteiger partial charge in [0.25, 0.3) is 0 Å². The number of hydrogen-bond donors (Lipinski definition) is 1. The maximum Gasteiger partial charge on any atom is 0.311 e. The Morgan fingerprint density at radius 1 is 1.61 bits per heavy atom. The molecule has 1 aliphatic carbocycles. The van der Waals surface area contributed by atoms with Crippen LogP contribution in [-0.4, -0.2) is 36.3 Å². The minimum absolute atomic E-state index is 0.307. The summed E-state index contributed by atoms with van der Waals surface area (Å²) in [5.41, 5.74) is 0.0125. The zero-order valence-electron chi connectivity index (χ0n) is 9.70. The monoisotopic (exact) mass is 265 g/mol. The number of thiazole rings is 1. The number of aliphatic carboxylic acids is 1. The lowest BCUT2D eigenvalue weighted by Crippen LogP contribution is -2.22. The third kappa shape index (κ3) is 1.78. The predicted molar refractivity (Wildman–Crippen MR) is 63.0 cm³/mol. The minimum atomic E-state index is -0.779. The highest BCUT2D eigenvalue weighted by atomic mass is 32.1. The Labute approximate surface area is 106 Å². The molecule has 0 spiro atoms. The van der Waals surface area contributed by atoms with Crippen molar-refractivity contribution < 1.29 is 9.90 Å². The van der Waals surface area contributed by atoms with E-state index in [1.165, 1.54) is 16.0 Å². The maximum atomic E-state index is 11.2. The molecule has 1 aliphatic rings. The lowest BCUT2D eigenvalue weighted by molar-refractivity contribution is -0.144. The average Bonchev–Trinajstić information content (AvgIpc) is 2.76. The van der Waals surface area contributed by atoms with Crippen LogP contribution in [0.5, 0.6) is 0 Å². The van der Waals surface area contributed by atoms with Crippen LogP contribution >= 0.6 is 11.3 Å². The fraction of sp³-hybridized carbons (Fsp3) is 0.500. The molecule has 18 heavy (non-hydrogen) atoms. The molecule has 1 N–H and O–H groups in total. The van der Waals surface area contributed by atoms with Gasteiger partial charge < -0.3 is 5.11 Å². The Kier molecular flexibility index (Phi) is 2.40. The first-order valence-electron chi connectivity index (χ1n) is 5.53. The molecule has 0 amide bonds. The number of rotatable bonds is 4. The van der Waals surface area contributed by atoms with E-state index in [4.69, 9.17) is 0 Å². The van der Waals surface area contributed by atoms with Crippen LogP contribution in [0.4, 0.5) is 0 Å². The standard InChI is InChI=1S/C10H11N5O2S/c1-6-11-7(4-18-6)8-12-13-14-15(8)5-10(2-3-10)9(16)17/h4H,2-3,5H2,1H3,(H,16,17). The van der Waals surface area contributed by atoms with Crippen molar-refractivity contribution >= 4 is 17.3 Å². The van der Waals surface area contributed by atoms with E-state index >= 15 is 0 Å². The van der Waals surface area contributed by atoms with E-state index in [2.05, 4.69) is 20.5 Å². The molecule has 1 fully saturated rings. The third-order valence-electron chi connectivity index (χ3n) is 3.14. The molecule has 7 nitrogen and oxygen atoms in total. The molecule has 0 atom stereocenters. The number of tetrazole rings is 1. The van der Waals surface area contributed by atoms with E-state index in [1.807, 2.05) is 12.3 Å². The van der Waals surface area contributed by atoms with Crippen molar-refractivity contribution in [3.8, 4) is 11.5 Å². The van der Waals surface area contributed by atoms with Crippen LogP contribution in [-0.2, 0) is 11.3 Å². The van der Waals surface area contributed by atoms with Gasteiger partial charge in [-0.25, -0.2) is 9.67 Å². The topological polar surface area (TPSA) is 93.8 Å². The van der Waals surface area contributed by atoms with Gasteiger partial charge in [0.2, 0.25) is 5.82 Å². The van der Waals surface area contributed by atoms with Gasteiger partial charge in [0, 0.05) is 5.38 Å². The number of aryl methyl sites for hydroxylation is 1. The van der Waals surface area contributed by atoms with Gasteiger partial charge in [-0.3, -0.25) is 4.79 Å². The summed E-state index contributed by atoms with van der Waals surface area (Å²) >= 11 is 1.51. The molecule has 3 rings (SSSR count). The summed E-state index contributed by atoms with van der Waals surface area (Å²) in [5.74, 6) is -0.245. The van der Waals surface area contributed by atoms with Crippen LogP contribution in [0.25, 0.3) is 11.5 Å². The van der Waals surface area contributed by atoms with E-state index in [0.29, 0.717) is 30.9 Å². The van der Waals surface area contributed by atoms with Crippen LogP contribution in [0.1, 0.15) is 17.8 Å². The summed E-state index contributed by atoms with van der Waals surface area (Å²) < 4.78 is 1.54. The number of carboxylic acid groups (broad SMARTS) is 1. The fourth-order valence-corrected chi connectivity index (χ4v) is 2.43. The normalized spacial score (nSPS) is 16.7. The molecule has 8 heteroatoms. The summed E-state index contributed by atoms with van der Waals surface area (Å²) in [4.78, 5) is 15.5. The predicted octanol–water partition coefficient (Wildman–Crippen LogP) is 0.970. The third-order valence-corrected chi connectivity index (χ3v) is 3.91. The number of carbonyl (C=O) groups is 1. The van der Waals surface area contributed by atoms with Gasteiger partial charge in [-0.2, -0.15) is 0 Å². The zero-order chi connectivity index (χ0) is 12.8. The summed E-state index contributed by atoms with van der Waals surface area (Å²) in [5, 5.41) is 23.4. The molecule has 0 saturated heterocycles. The van der Waals surface area contributed by atoms with E-state index in [0.717, 1.165) is 5.01 Å². The van der Waals surface area contributed by atoms with E-state index in [1.54, 1.807) is 0 Å². The zero-order valence-corrected chi connectivity index (χ0v) is 10.5. The second kappa shape index (κ2) is 3.84. The molecule has 1 saturated carbocycles. The van der Waals surface area contributed by atoms with Gasteiger partial charge in [-0.15, -0.1) is 16.4 Å². The van der Waals surface area contributed by atoms with Gasteiger partial charge in [0.1, 0.15) is 5.69 Å². The average molecular weight is 265 g/mol. The largest absolute Gasteiger partial charge is 0.481 e. The van der Waals surface area contributed by atoms with Crippen molar-refractivity contribution in [2.75, 3.05) is 0 Å². The van der Waals surface area contributed by atoms with Crippen molar-refractivity contribution in [1.82, 2.24) is 25.2 Å². The van der Waals surface area contributed by atoms with Gasteiger partial charge in [0.15, 0.2) is 0 Å². The van der Waals surface area contributed by atoms with E-state index in [9.17, 15) is 9.90 Å². The Bertz CT molecular complexity index is 601. The number of hydrogen-bond acceptors (Lipinski definition) is 6. The van der Waals surface area contributed by atoms with Gasteiger partial charge in [0.05, 0.1) is 17.0 Å². The highest BCUT2D eigenvalue weighted by Crippen LogP contribution is 2.47. The van der Waals surface area contributed by atoms with Crippen LogP contribution in [0.2, 0.25) is 0 Å². The maximum absolute atomic E-state index is 11.2. The first-order chi connectivity index (χ1) is 8.61. The molecule has 2 aromatic heterocycles. The fourth-order valence-electron chi connectivity index (χ4n) is 1.84. The smallest absolute Gasteiger partial charge is 0.311 e. The first kappa shape index (κ1) is 11.3. The molecule has 0 unspecified atom stereocenters. The molecule has 0 aromatic carbocycles. The van der Waals surface area contributed by atoms with Crippen molar-refractivity contribution in [2.45, 2.75) is 26.3 Å². The first-order valence-corrected chi connectivity index (χ1v) is 6.41. The Morgan fingerprint density at radius 3 is 2.94 bits per heavy atom. The van der Waals surface area contributed by atoms with Crippen LogP contribution in [0, 0.1) is 12.3 Å². The molecule has 2 heterocycles. The van der Waals surface area contributed by atoms with Crippen molar-refractivity contribution in [1.29, 1.82) is 0 Å². The van der Waals surface area contributed by atoms with Crippen LogP contribution < -0.4 is 0 Å². The lowest BCUT2D eigenvalue weighted by atomic mass is 10.1. The summed E-state index contributed by atoms with van der Waals surface area (Å²) in [6, 6.07) is 0. The van der Waals surface area contributed by atoms with Gasteiger partial charge >= 0.3 is 5.97 Å². The van der Waals surface area contributed by atoms with Crippen molar-refractivity contribution in [2.24, 2.45) is 5.41 Å². The van der Waals surface area contributed by atoms with Gasteiger partial charge in [-0.1, -0.05) is 0 Å². The molecule has 0 aliphatic heterocycles. The Morgan fingerprint density at radius 2 is 2.39 bits per heavy atom. The minimum Gasteiger partial charge on any atom is -0.481 e. The molecule has 2 aromatic rings. The highest BCUT2D eigenvalue weighted by Gasteiger charge is 2.51. The Balaban J connectivity index is 1.91. The number of carboxylic acids is 1. The summed E-state index contributed by atoms with van der Waals surface area (Å²) in [6.45, 7) is 2.21. The summed E-state index contributed by atoms with van der Waals surface area (Å²) in [6.07, 6.45) is 1.36. The molecule has 94 valence electrons. The lowest BCUT2D eigenvalue weighted by Gasteiger charge is -2.09. The second-order valence-electron chi connectivity index (χ2n) is 4.50. The second-order valence-corrected chi connectivity index (χ2v) is 5.56. The van der Waals surface area contributed by atoms with E-state index in [-0.39, 0.29) is 0 Å². The molecular weight excluding hydrogens is 254 g/mol.